The number of rotatable bonds is 7. The molecule has 0 radical (unpaired) electrons. The zero-order valence-corrected chi connectivity index (χ0v) is 13.2. The summed E-state index contributed by atoms with van der Waals surface area (Å²) in [5, 5.41) is 24.1. The molecule has 0 aliphatic rings. The Bertz CT molecular complexity index is 675. The van der Waals surface area contributed by atoms with E-state index >= 15 is 0 Å². The Hall–Kier alpha value is -2.52. The third-order valence-corrected chi connectivity index (χ3v) is 2.87. The highest BCUT2D eigenvalue weighted by Gasteiger charge is 2.12. The van der Waals surface area contributed by atoms with E-state index in [0.29, 0.717) is 18.8 Å². The van der Waals surface area contributed by atoms with Crippen molar-refractivity contribution in [3.8, 4) is 5.69 Å². The second kappa shape index (κ2) is 8.81. The third-order valence-electron chi connectivity index (χ3n) is 2.87. The molecule has 9 nitrogen and oxygen atoms in total. The van der Waals surface area contributed by atoms with Crippen LogP contribution in [0.4, 0.5) is 5.69 Å². The molecule has 0 saturated carbocycles. The molecule has 0 bridgehead atoms. The second-order valence-corrected chi connectivity index (χ2v) is 4.43. The van der Waals surface area contributed by atoms with Gasteiger partial charge in [-0.25, -0.2) is 4.68 Å². The first-order chi connectivity index (χ1) is 10.6. The molecule has 1 aromatic carbocycles. The lowest BCUT2D eigenvalue weighted by Crippen LogP contribution is -2.31. The summed E-state index contributed by atoms with van der Waals surface area (Å²) in [6.07, 6.45) is 1.43. The zero-order valence-electron chi connectivity index (χ0n) is 12.4. The molecule has 124 valence electrons. The number of non-ortho nitro benzene ring substituents is 1. The van der Waals surface area contributed by atoms with E-state index in [9.17, 15) is 14.9 Å². The maximum Gasteiger partial charge on any atom is 0.273 e. The van der Waals surface area contributed by atoms with Gasteiger partial charge in [-0.15, -0.1) is 17.5 Å². The van der Waals surface area contributed by atoms with Gasteiger partial charge in [-0.2, -0.15) is 0 Å². The SMILES string of the molecule is CCNCCNC(=O)c1cn(-c2cccc([N+](=O)[O-])c2)nn1.Cl. The largest absolute Gasteiger partial charge is 0.349 e. The lowest BCUT2D eigenvalue weighted by atomic mass is 10.3. The molecule has 23 heavy (non-hydrogen) atoms. The Morgan fingerprint density at radius 3 is 2.87 bits per heavy atom. The third kappa shape index (κ3) is 5.01. The average Bonchev–Trinajstić information content (AvgIpc) is 3.01. The van der Waals surface area contributed by atoms with Crippen molar-refractivity contribution in [2.24, 2.45) is 0 Å². The first-order valence-corrected chi connectivity index (χ1v) is 6.78. The topological polar surface area (TPSA) is 115 Å². The van der Waals surface area contributed by atoms with E-state index in [-0.39, 0.29) is 29.7 Å². The van der Waals surface area contributed by atoms with Crippen LogP contribution in [-0.4, -0.2) is 45.5 Å². The normalized spacial score (nSPS) is 9.96. The highest BCUT2D eigenvalue weighted by Crippen LogP contribution is 2.15. The number of carbonyl (C=O) groups excluding carboxylic acids is 1. The minimum atomic E-state index is -0.491. The predicted octanol–water partition coefficient (Wildman–Crippen LogP) is 0.937. The van der Waals surface area contributed by atoms with Crippen LogP contribution in [0.3, 0.4) is 0 Å². The quantitative estimate of drug-likeness (QED) is 0.440. The van der Waals surface area contributed by atoms with Gasteiger partial charge in [0, 0.05) is 25.2 Å². The molecule has 0 saturated heterocycles. The van der Waals surface area contributed by atoms with Gasteiger partial charge in [0.05, 0.1) is 16.8 Å². The number of benzene rings is 1. The number of nitro benzene ring substituents is 1. The van der Waals surface area contributed by atoms with Crippen molar-refractivity contribution in [2.45, 2.75) is 6.92 Å². The van der Waals surface area contributed by atoms with Crippen LogP contribution in [0.15, 0.2) is 30.5 Å². The van der Waals surface area contributed by atoms with Crippen molar-refractivity contribution < 1.29 is 9.72 Å². The number of nitrogens with one attached hydrogen (secondary N) is 2. The summed E-state index contributed by atoms with van der Waals surface area (Å²) in [5.41, 5.74) is 0.570. The Balaban J connectivity index is 0.00000264. The van der Waals surface area contributed by atoms with Gasteiger partial charge in [-0.1, -0.05) is 18.2 Å². The molecule has 1 heterocycles. The van der Waals surface area contributed by atoms with Gasteiger partial charge in [-0.3, -0.25) is 14.9 Å². The van der Waals surface area contributed by atoms with E-state index in [0.717, 1.165) is 6.54 Å². The summed E-state index contributed by atoms with van der Waals surface area (Å²) in [4.78, 5) is 22.1. The standard InChI is InChI=1S/C13H16N6O3.ClH/c1-2-14-6-7-15-13(20)12-9-18(17-16-12)10-4-3-5-11(8-10)19(21)22;/h3-5,8-9,14H,2,6-7H2,1H3,(H,15,20);1H. The molecular weight excluding hydrogens is 324 g/mol. The van der Waals surface area contributed by atoms with Crippen molar-refractivity contribution in [1.82, 2.24) is 25.6 Å². The number of likely N-dealkylation sites (N-methyl/N-ethyl adjacent to an activating group) is 1. The van der Waals surface area contributed by atoms with E-state index in [1.54, 1.807) is 12.1 Å². The molecule has 0 unspecified atom stereocenters. The van der Waals surface area contributed by atoms with Crippen LogP contribution in [0.25, 0.3) is 5.69 Å². The molecule has 2 rings (SSSR count). The van der Waals surface area contributed by atoms with Gasteiger partial charge in [-0.05, 0) is 12.6 Å². The molecule has 1 aromatic heterocycles. The Kier molecular flexibility index (Phi) is 7.10. The van der Waals surface area contributed by atoms with Gasteiger partial charge in [0.1, 0.15) is 0 Å². The lowest BCUT2D eigenvalue weighted by molar-refractivity contribution is -0.384. The van der Waals surface area contributed by atoms with Gasteiger partial charge < -0.3 is 10.6 Å². The number of halogens is 1. The van der Waals surface area contributed by atoms with Gasteiger partial charge in [0.15, 0.2) is 5.69 Å². The summed E-state index contributed by atoms with van der Waals surface area (Å²) >= 11 is 0. The highest BCUT2D eigenvalue weighted by molar-refractivity contribution is 5.91. The van der Waals surface area contributed by atoms with E-state index < -0.39 is 4.92 Å². The van der Waals surface area contributed by atoms with Crippen LogP contribution in [0.1, 0.15) is 17.4 Å². The molecular formula is C13H17ClN6O3. The number of amides is 1. The molecule has 0 aliphatic heterocycles. The highest BCUT2D eigenvalue weighted by atomic mass is 35.5. The molecule has 0 atom stereocenters. The number of carbonyl (C=O) groups is 1. The van der Waals surface area contributed by atoms with Crippen molar-refractivity contribution in [1.29, 1.82) is 0 Å². The summed E-state index contributed by atoms with van der Waals surface area (Å²) < 4.78 is 1.33. The van der Waals surface area contributed by atoms with Crippen LogP contribution in [0.2, 0.25) is 0 Å². The minimum Gasteiger partial charge on any atom is -0.349 e. The average molecular weight is 341 g/mol. The van der Waals surface area contributed by atoms with E-state index in [1.165, 1.54) is 23.0 Å². The first-order valence-electron chi connectivity index (χ1n) is 6.78. The molecule has 1 amide bonds. The number of nitro groups is 1. The fourth-order valence-corrected chi connectivity index (χ4v) is 1.77. The number of hydrogen-bond donors (Lipinski definition) is 2. The number of nitrogens with zero attached hydrogens (tertiary/aromatic N) is 4. The van der Waals surface area contributed by atoms with E-state index in [4.69, 9.17) is 0 Å². The van der Waals surface area contributed by atoms with Gasteiger partial charge >= 0.3 is 0 Å². The lowest BCUT2D eigenvalue weighted by Gasteiger charge is -2.02. The summed E-state index contributed by atoms with van der Waals surface area (Å²) in [7, 11) is 0. The van der Waals surface area contributed by atoms with Crippen LogP contribution in [0.5, 0.6) is 0 Å². The van der Waals surface area contributed by atoms with Crippen molar-refractivity contribution >= 4 is 24.0 Å². The van der Waals surface area contributed by atoms with Crippen molar-refractivity contribution in [3.63, 3.8) is 0 Å². The second-order valence-electron chi connectivity index (χ2n) is 4.43. The maximum absolute atomic E-state index is 11.9. The van der Waals surface area contributed by atoms with Gasteiger partial charge in [0.2, 0.25) is 0 Å². The monoisotopic (exact) mass is 340 g/mol. The molecule has 0 fully saturated rings. The van der Waals surface area contributed by atoms with Crippen LogP contribution >= 0.6 is 12.4 Å². The first kappa shape index (κ1) is 18.5. The van der Waals surface area contributed by atoms with Crippen molar-refractivity contribution in [3.05, 3.63) is 46.3 Å². The Morgan fingerprint density at radius 1 is 1.39 bits per heavy atom. The van der Waals surface area contributed by atoms with E-state index in [2.05, 4.69) is 20.9 Å². The van der Waals surface area contributed by atoms with Crippen LogP contribution in [0, 0.1) is 10.1 Å². The summed E-state index contributed by atoms with van der Waals surface area (Å²) in [5.74, 6) is -0.338. The maximum atomic E-state index is 11.9. The Morgan fingerprint density at radius 2 is 2.17 bits per heavy atom. The number of hydrogen-bond acceptors (Lipinski definition) is 6. The Labute approximate surface area is 138 Å². The summed E-state index contributed by atoms with van der Waals surface area (Å²) in [6.45, 7) is 3.96. The van der Waals surface area contributed by atoms with Crippen LogP contribution in [-0.2, 0) is 0 Å². The van der Waals surface area contributed by atoms with Crippen molar-refractivity contribution in [2.75, 3.05) is 19.6 Å². The predicted molar refractivity (Wildman–Crippen MR) is 86.1 cm³/mol. The molecule has 10 heteroatoms. The summed E-state index contributed by atoms with van der Waals surface area (Å²) in [6, 6.07) is 5.94. The van der Waals surface area contributed by atoms with Gasteiger partial charge in [0.25, 0.3) is 11.6 Å². The molecule has 2 N–H and O–H groups in total. The van der Waals surface area contributed by atoms with E-state index in [1.807, 2.05) is 6.92 Å². The molecule has 0 spiro atoms. The molecule has 0 aliphatic carbocycles. The van der Waals surface area contributed by atoms with Crippen LogP contribution < -0.4 is 10.6 Å². The fourth-order valence-electron chi connectivity index (χ4n) is 1.77. The minimum absolute atomic E-state index is 0. The zero-order chi connectivity index (χ0) is 15.9. The fraction of sp³-hybridized carbons (Fsp3) is 0.308. The smallest absolute Gasteiger partial charge is 0.273 e. The molecule has 2 aromatic rings. The number of aromatic nitrogens is 3.